The molecule has 18 heavy (non-hydrogen) atoms. The number of aliphatic hydroxyl groups is 1. The fourth-order valence-corrected chi connectivity index (χ4v) is 2.22. The Balaban J connectivity index is 2.14. The highest BCUT2D eigenvalue weighted by atomic mass is 16.4. The number of carbonyl (C=O) groups excluding carboxylic acids is 1. The predicted octanol–water partition coefficient (Wildman–Crippen LogP) is 0.796. The Morgan fingerprint density at radius 3 is 2.56 bits per heavy atom. The Morgan fingerprint density at radius 1 is 1.28 bits per heavy atom. The maximum absolute atomic E-state index is 12.1. The quantitative estimate of drug-likeness (QED) is 0.830. The summed E-state index contributed by atoms with van der Waals surface area (Å²) in [5, 5.41) is 19.0. The average molecular weight is 249 g/mol. The summed E-state index contributed by atoms with van der Waals surface area (Å²) in [6, 6.07) is 7.73. The predicted molar refractivity (Wildman–Crippen MR) is 63.8 cm³/mol. The molecule has 1 aliphatic rings. The number of likely N-dealkylation sites (tertiary alicyclic amines) is 1. The van der Waals surface area contributed by atoms with E-state index >= 15 is 0 Å². The molecule has 1 amide bonds. The van der Waals surface area contributed by atoms with Gasteiger partial charge in [-0.3, -0.25) is 4.79 Å². The van der Waals surface area contributed by atoms with Gasteiger partial charge in [0.1, 0.15) is 6.04 Å². The third kappa shape index (κ3) is 2.36. The molecule has 5 heteroatoms. The maximum atomic E-state index is 12.1. The van der Waals surface area contributed by atoms with E-state index in [4.69, 9.17) is 5.11 Å². The highest BCUT2D eigenvalue weighted by Crippen LogP contribution is 2.23. The van der Waals surface area contributed by atoms with Gasteiger partial charge < -0.3 is 15.1 Å². The summed E-state index contributed by atoms with van der Waals surface area (Å²) in [7, 11) is 0. The lowest BCUT2D eigenvalue weighted by Crippen LogP contribution is -2.42. The molecule has 0 aliphatic carbocycles. The lowest BCUT2D eigenvalue weighted by Gasteiger charge is -2.24. The van der Waals surface area contributed by atoms with Crippen molar-refractivity contribution < 1.29 is 19.8 Å². The molecular formula is C13H15NO4. The minimum absolute atomic E-state index is 0.389. The van der Waals surface area contributed by atoms with Crippen molar-refractivity contribution in [2.75, 3.05) is 6.54 Å². The maximum Gasteiger partial charge on any atom is 0.326 e. The van der Waals surface area contributed by atoms with Crippen molar-refractivity contribution in [3.05, 3.63) is 35.9 Å². The molecule has 1 heterocycles. The number of nitrogens with zero attached hydrogens (tertiary/aromatic N) is 1. The first-order valence-corrected chi connectivity index (χ1v) is 5.87. The Hall–Kier alpha value is -1.88. The van der Waals surface area contributed by atoms with E-state index in [1.807, 2.05) is 0 Å². The molecule has 1 aromatic rings. The van der Waals surface area contributed by atoms with E-state index in [1.54, 1.807) is 30.3 Å². The average Bonchev–Trinajstić information content (AvgIpc) is 2.87. The van der Waals surface area contributed by atoms with Crippen LogP contribution in [0.15, 0.2) is 30.3 Å². The van der Waals surface area contributed by atoms with Crippen molar-refractivity contribution in [1.29, 1.82) is 0 Å². The van der Waals surface area contributed by atoms with Crippen molar-refractivity contribution in [1.82, 2.24) is 4.90 Å². The second-order valence-electron chi connectivity index (χ2n) is 4.34. The second-order valence-corrected chi connectivity index (χ2v) is 4.34. The topological polar surface area (TPSA) is 77.8 Å². The summed E-state index contributed by atoms with van der Waals surface area (Å²) in [6.07, 6.45) is -0.182. The molecule has 5 nitrogen and oxygen atoms in total. The fraction of sp³-hybridized carbons (Fsp3) is 0.385. The zero-order chi connectivity index (χ0) is 13.1. The zero-order valence-corrected chi connectivity index (χ0v) is 9.82. The van der Waals surface area contributed by atoms with Crippen LogP contribution in [0.5, 0.6) is 0 Å². The number of carboxylic acids is 1. The molecule has 2 atom stereocenters. The van der Waals surface area contributed by atoms with Crippen LogP contribution in [-0.2, 0) is 9.59 Å². The summed E-state index contributed by atoms with van der Waals surface area (Å²) < 4.78 is 0. The van der Waals surface area contributed by atoms with Crippen LogP contribution in [0.3, 0.4) is 0 Å². The molecule has 2 N–H and O–H groups in total. The van der Waals surface area contributed by atoms with Crippen molar-refractivity contribution in [2.24, 2.45) is 0 Å². The van der Waals surface area contributed by atoms with Gasteiger partial charge in [-0.1, -0.05) is 30.3 Å². The molecule has 0 saturated carbocycles. The minimum atomic E-state index is -1.29. The van der Waals surface area contributed by atoms with Crippen LogP contribution in [0.25, 0.3) is 0 Å². The SMILES string of the molecule is O=C(O)C1CCCN1C(=O)[C@H](O)c1ccccc1. The smallest absolute Gasteiger partial charge is 0.326 e. The van der Waals surface area contributed by atoms with Gasteiger partial charge in [0.25, 0.3) is 5.91 Å². The summed E-state index contributed by atoms with van der Waals surface area (Å²) in [5.74, 6) is -1.55. The van der Waals surface area contributed by atoms with Gasteiger partial charge in [-0.15, -0.1) is 0 Å². The molecule has 0 spiro atoms. The number of rotatable bonds is 3. The summed E-state index contributed by atoms with van der Waals surface area (Å²) in [6.45, 7) is 0.389. The van der Waals surface area contributed by atoms with Crippen LogP contribution in [0.2, 0.25) is 0 Å². The van der Waals surface area contributed by atoms with E-state index in [9.17, 15) is 14.7 Å². The lowest BCUT2D eigenvalue weighted by molar-refractivity contribution is -0.152. The molecule has 96 valence electrons. The van der Waals surface area contributed by atoms with Gasteiger partial charge in [0.2, 0.25) is 0 Å². The summed E-state index contributed by atoms with van der Waals surface area (Å²) in [4.78, 5) is 24.3. The number of hydrogen-bond acceptors (Lipinski definition) is 3. The van der Waals surface area contributed by atoms with Crippen molar-refractivity contribution >= 4 is 11.9 Å². The molecule has 0 radical (unpaired) electrons. The Bertz CT molecular complexity index is 446. The standard InChI is InChI=1S/C13H15NO4/c15-11(9-5-2-1-3-6-9)12(16)14-8-4-7-10(14)13(17)18/h1-3,5-6,10-11,15H,4,7-8H2,(H,17,18)/t10?,11-/m1/s1. The highest BCUT2D eigenvalue weighted by Gasteiger charge is 2.36. The van der Waals surface area contributed by atoms with Crippen LogP contribution in [0, 0.1) is 0 Å². The molecule has 0 bridgehead atoms. The normalized spacial score (nSPS) is 20.7. The molecule has 1 saturated heterocycles. The van der Waals surface area contributed by atoms with Crippen molar-refractivity contribution in [2.45, 2.75) is 25.0 Å². The molecule has 1 aliphatic heterocycles. The number of aliphatic carboxylic acids is 1. The van der Waals surface area contributed by atoms with Gasteiger partial charge in [0.05, 0.1) is 0 Å². The number of amides is 1. The third-order valence-electron chi connectivity index (χ3n) is 3.17. The van der Waals surface area contributed by atoms with E-state index in [-0.39, 0.29) is 0 Å². The van der Waals surface area contributed by atoms with Gasteiger partial charge >= 0.3 is 5.97 Å². The van der Waals surface area contributed by atoms with Crippen molar-refractivity contribution in [3.63, 3.8) is 0 Å². The molecule has 0 aromatic heterocycles. The van der Waals surface area contributed by atoms with Crippen molar-refractivity contribution in [3.8, 4) is 0 Å². The Morgan fingerprint density at radius 2 is 1.94 bits per heavy atom. The molecule has 2 rings (SSSR count). The lowest BCUT2D eigenvalue weighted by atomic mass is 10.1. The van der Waals surface area contributed by atoms with Crippen LogP contribution in [0.4, 0.5) is 0 Å². The van der Waals surface area contributed by atoms with Gasteiger partial charge in [0, 0.05) is 6.54 Å². The molecule has 1 unspecified atom stereocenters. The van der Waals surface area contributed by atoms with E-state index in [1.165, 1.54) is 4.90 Å². The Kier molecular flexibility index (Phi) is 3.62. The third-order valence-corrected chi connectivity index (χ3v) is 3.17. The largest absolute Gasteiger partial charge is 0.480 e. The van der Waals surface area contributed by atoms with Crippen LogP contribution < -0.4 is 0 Å². The zero-order valence-electron chi connectivity index (χ0n) is 9.82. The second kappa shape index (κ2) is 5.18. The molecule has 1 fully saturated rings. The number of carboxylic acid groups (broad SMARTS) is 1. The number of aliphatic hydroxyl groups excluding tert-OH is 1. The summed E-state index contributed by atoms with van der Waals surface area (Å²) in [5.41, 5.74) is 0.485. The first-order chi connectivity index (χ1) is 8.61. The van der Waals surface area contributed by atoms with E-state index < -0.39 is 24.0 Å². The van der Waals surface area contributed by atoms with Crippen LogP contribution in [0.1, 0.15) is 24.5 Å². The van der Waals surface area contributed by atoms with E-state index in [0.29, 0.717) is 24.9 Å². The minimum Gasteiger partial charge on any atom is -0.480 e. The number of carbonyl (C=O) groups is 2. The fourth-order valence-electron chi connectivity index (χ4n) is 2.22. The first-order valence-electron chi connectivity index (χ1n) is 5.87. The number of benzene rings is 1. The van der Waals surface area contributed by atoms with Crippen LogP contribution >= 0.6 is 0 Å². The van der Waals surface area contributed by atoms with Crippen LogP contribution in [-0.4, -0.2) is 39.6 Å². The monoisotopic (exact) mass is 249 g/mol. The van der Waals surface area contributed by atoms with Gasteiger partial charge in [-0.05, 0) is 18.4 Å². The first kappa shape index (κ1) is 12.6. The van der Waals surface area contributed by atoms with E-state index in [0.717, 1.165) is 0 Å². The van der Waals surface area contributed by atoms with E-state index in [2.05, 4.69) is 0 Å². The summed E-state index contributed by atoms with van der Waals surface area (Å²) >= 11 is 0. The molecule has 1 aromatic carbocycles. The molecular weight excluding hydrogens is 234 g/mol. The Labute approximate surface area is 105 Å². The number of hydrogen-bond donors (Lipinski definition) is 2. The highest BCUT2D eigenvalue weighted by molar-refractivity contribution is 5.87. The van der Waals surface area contributed by atoms with Gasteiger partial charge in [0.15, 0.2) is 6.10 Å². The van der Waals surface area contributed by atoms with Gasteiger partial charge in [-0.25, -0.2) is 4.79 Å². The van der Waals surface area contributed by atoms with Gasteiger partial charge in [-0.2, -0.15) is 0 Å².